The number of aromatic nitrogens is 4. The third kappa shape index (κ3) is 5.37. The van der Waals surface area contributed by atoms with Crippen molar-refractivity contribution in [3.8, 4) is 11.4 Å². The number of rotatable bonds is 7. The zero-order valence-corrected chi connectivity index (χ0v) is 19.3. The van der Waals surface area contributed by atoms with Crippen molar-refractivity contribution in [1.29, 1.82) is 0 Å². The van der Waals surface area contributed by atoms with Crippen molar-refractivity contribution in [2.75, 3.05) is 25.0 Å². The molecule has 0 atom stereocenters. The molecule has 1 aliphatic heterocycles. The van der Waals surface area contributed by atoms with Gasteiger partial charge >= 0.3 is 0 Å². The van der Waals surface area contributed by atoms with Crippen LogP contribution in [0, 0.1) is 19.8 Å². The van der Waals surface area contributed by atoms with E-state index in [4.69, 9.17) is 4.98 Å². The lowest BCUT2D eigenvalue weighted by atomic mass is 9.96. The number of aromatic amines is 1. The number of nitrogens with one attached hydrogen (secondary N) is 2. The molecule has 0 spiro atoms. The summed E-state index contributed by atoms with van der Waals surface area (Å²) in [6.45, 7) is 9.91. The first-order valence-corrected chi connectivity index (χ1v) is 11.8. The Labute approximate surface area is 187 Å². The van der Waals surface area contributed by atoms with Crippen LogP contribution in [-0.4, -0.2) is 44.5 Å². The molecule has 0 aliphatic carbocycles. The summed E-state index contributed by atoms with van der Waals surface area (Å²) < 4.78 is 0. The normalized spacial score (nSPS) is 15.3. The van der Waals surface area contributed by atoms with Crippen molar-refractivity contribution < 1.29 is 0 Å². The summed E-state index contributed by atoms with van der Waals surface area (Å²) in [5.74, 6) is 2.06. The molecule has 164 valence electrons. The number of hydrogen-bond donors (Lipinski definition) is 2. The standard InChI is InChI=1S/C23H30N6OS/c1-4-21-27-19(14-31-21)13-29-9-7-17(8-10-29)11-24-20-6-5-18(12-25-20)22-26-16(3)15(2)23(30)28-22/h5-6,12,14,17H,4,7-11,13H2,1-3H3,(H,24,25)(H,26,28,30). The van der Waals surface area contributed by atoms with Gasteiger partial charge in [0.2, 0.25) is 0 Å². The van der Waals surface area contributed by atoms with Gasteiger partial charge in [-0.05, 0) is 64.3 Å². The molecule has 0 aromatic carbocycles. The summed E-state index contributed by atoms with van der Waals surface area (Å²) in [5, 5.41) is 6.90. The first-order chi connectivity index (χ1) is 15.0. The predicted molar refractivity (Wildman–Crippen MR) is 126 cm³/mol. The highest BCUT2D eigenvalue weighted by atomic mass is 32.1. The summed E-state index contributed by atoms with van der Waals surface area (Å²) in [5.41, 5.74) is 3.32. The number of aryl methyl sites for hydroxylation is 2. The van der Waals surface area contributed by atoms with Crippen molar-refractivity contribution in [3.63, 3.8) is 0 Å². The van der Waals surface area contributed by atoms with Gasteiger partial charge in [-0.3, -0.25) is 9.69 Å². The van der Waals surface area contributed by atoms with Gasteiger partial charge in [-0.15, -0.1) is 11.3 Å². The largest absolute Gasteiger partial charge is 0.370 e. The molecule has 7 nitrogen and oxygen atoms in total. The SMILES string of the molecule is CCc1nc(CN2CCC(CNc3ccc(-c4nc(C)c(C)c(=O)[nH]4)cn3)CC2)cs1. The fourth-order valence-corrected chi connectivity index (χ4v) is 4.57. The first-order valence-electron chi connectivity index (χ1n) is 10.9. The highest BCUT2D eigenvalue weighted by molar-refractivity contribution is 7.09. The van der Waals surface area contributed by atoms with Crippen LogP contribution in [0.25, 0.3) is 11.4 Å². The van der Waals surface area contributed by atoms with E-state index in [1.165, 1.54) is 23.5 Å². The number of likely N-dealkylation sites (tertiary alicyclic amines) is 1. The molecule has 8 heteroatoms. The molecule has 3 aromatic heterocycles. The second-order valence-electron chi connectivity index (χ2n) is 8.24. The Morgan fingerprint density at radius 2 is 2.03 bits per heavy atom. The van der Waals surface area contributed by atoms with Gasteiger partial charge in [-0.1, -0.05) is 6.92 Å². The monoisotopic (exact) mass is 438 g/mol. The zero-order chi connectivity index (χ0) is 21.8. The summed E-state index contributed by atoms with van der Waals surface area (Å²) in [7, 11) is 0. The highest BCUT2D eigenvalue weighted by Crippen LogP contribution is 2.21. The van der Waals surface area contributed by atoms with E-state index in [1.807, 2.05) is 19.1 Å². The maximum absolute atomic E-state index is 12.0. The topological polar surface area (TPSA) is 86.8 Å². The van der Waals surface area contributed by atoms with Crippen LogP contribution in [-0.2, 0) is 13.0 Å². The Morgan fingerprint density at radius 3 is 2.68 bits per heavy atom. The van der Waals surface area contributed by atoms with E-state index in [0.717, 1.165) is 49.7 Å². The van der Waals surface area contributed by atoms with Crippen LogP contribution >= 0.6 is 11.3 Å². The minimum absolute atomic E-state index is 0.100. The fraction of sp³-hybridized carbons (Fsp3) is 0.478. The second kappa shape index (κ2) is 9.70. The Hall–Kier alpha value is -2.58. The van der Waals surface area contributed by atoms with Crippen molar-refractivity contribution in [2.45, 2.75) is 46.6 Å². The van der Waals surface area contributed by atoms with Gasteiger partial charge in [0.1, 0.15) is 11.6 Å². The lowest BCUT2D eigenvalue weighted by Gasteiger charge is -2.31. The maximum atomic E-state index is 12.0. The van der Waals surface area contributed by atoms with E-state index < -0.39 is 0 Å². The van der Waals surface area contributed by atoms with Crippen LogP contribution in [0.1, 0.15) is 41.7 Å². The van der Waals surface area contributed by atoms with Crippen molar-refractivity contribution >= 4 is 17.2 Å². The molecule has 4 rings (SSSR count). The molecule has 4 heterocycles. The molecular formula is C23H30N6OS. The quantitative estimate of drug-likeness (QED) is 0.584. The van der Waals surface area contributed by atoms with Crippen LogP contribution < -0.4 is 10.9 Å². The lowest BCUT2D eigenvalue weighted by Crippen LogP contribution is -2.35. The molecular weight excluding hydrogens is 408 g/mol. The van der Waals surface area contributed by atoms with Crippen molar-refractivity contribution in [2.24, 2.45) is 5.92 Å². The number of anilines is 1. The third-order valence-electron chi connectivity index (χ3n) is 6.00. The van der Waals surface area contributed by atoms with Crippen LogP contribution in [0.3, 0.4) is 0 Å². The van der Waals surface area contributed by atoms with Crippen molar-refractivity contribution in [1.82, 2.24) is 24.8 Å². The van der Waals surface area contributed by atoms with Crippen LogP contribution in [0.2, 0.25) is 0 Å². The number of nitrogens with zero attached hydrogens (tertiary/aromatic N) is 4. The van der Waals surface area contributed by atoms with E-state index >= 15 is 0 Å². The Morgan fingerprint density at radius 1 is 1.23 bits per heavy atom. The zero-order valence-electron chi connectivity index (χ0n) is 18.4. The van der Waals surface area contributed by atoms with Gasteiger partial charge in [-0.25, -0.2) is 15.0 Å². The van der Waals surface area contributed by atoms with Crippen LogP contribution in [0.5, 0.6) is 0 Å². The summed E-state index contributed by atoms with van der Waals surface area (Å²) in [6.07, 6.45) is 5.15. The molecule has 1 aliphatic rings. The van der Waals surface area contributed by atoms with Gasteiger partial charge in [0.25, 0.3) is 5.56 Å². The molecule has 2 N–H and O–H groups in total. The minimum Gasteiger partial charge on any atom is -0.370 e. The number of piperidine rings is 1. The van der Waals surface area contributed by atoms with E-state index in [9.17, 15) is 4.79 Å². The Balaban J connectivity index is 1.26. The molecule has 0 saturated carbocycles. The molecule has 0 amide bonds. The van der Waals surface area contributed by atoms with Gasteiger partial charge in [0, 0.05) is 41.5 Å². The highest BCUT2D eigenvalue weighted by Gasteiger charge is 2.20. The summed E-state index contributed by atoms with van der Waals surface area (Å²) in [4.78, 5) is 31.0. The summed E-state index contributed by atoms with van der Waals surface area (Å²) in [6, 6.07) is 3.90. The van der Waals surface area contributed by atoms with Crippen molar-refractivity contribution in [3.05, 3.63) is 56.0 Å². The molecule has 1 saturated heterocycles. The van der Waals surface area contributed by atoms with E-state index in [-0.39, 0.29) is 5.56 Å². The number of hydrogen-bond acceptors (Lipinski definition) is 7. The minimum atomic E-state index is -0.100. The average molecular weight is 439 g/mol. The molecule has 1 fully saturated rings. The average Bonchev–Trinajstić information content (AvgIpc) is 3.24. The number of thiazole rings is 1. The predicted octanol–water partition coefficient (Wildman–Crippen LogP) is 3.79. The molecule has 3 aromatic rings. The number of H-pyrrole nitrogens is 1. The smallest absolute Gasteiger partial charge is 0.254 e. The van der Waals surface area contributed by atoms with E-state index in [0.29, 0.717) is 17.3 Å². The number of pyridine rings is 1. The first kappa shape index (κ1) is 21.6. The second-order valence-corrected chi connectivity index (χ2v) is 9.19. The van der Waals surface area contributed by atoms with Gasteiger partial charge < -0.3 is 10.3 Å². The van der Waals surface area contributed by atoms with Gasteiger partial charge in [-0.2, -0.15) is 0 Å². The van der Waals surface area contributed by atoms with Gasteiger partial charge in [0.05, 0.1) is 10.7 Å². The van der Waals surface area contributed by atoms with E-state index in [2.05, 4.69) is 37.5 Å². The van der Waals surface area contributed by atoms with Crippen LogP contribution in [0.15, 0.2) is 28.5 Å². The molecule has 0 radical (unpaired) electrons. The van der Waals surface area contributed by atoms with E-state index in [1.54, 1.807) is 24.5 Å². The third-order valence-corrected chi connectivity index (χ3v) is 7.04. The Bertz CT molecular complexity index is 1070. The van der Waals surface area contributed by atoms with Crippen LogP contribution in [0.4, 0.5) is 5.82 Å². The van der Waals surface area contributed by atoms with Gasteiger partial charge in [0.15, 0.2) is 0 Å². The molecule has 0 unspecified atom stereocenters. The Kier molecular flexibility index (Phi) is 6.77. The fourth-order valence-electron chi connectivity index (χ4n) is 3.83. The molecule has 31 heavy (non-hydrogen) atoms. The maximum Gasteiger partial charge on any atom is 0.254 e. The molecule has 0 bridgehead atoms. The lowest BCUT2D eigenvalue weighted by molar-refractivity contribution is 0.181. The summed E-state index contributed by atoms with van der Waals surface area (Å²) >= 11 is 1.77.